The van der Waals surface area contributed by atoms with Crippen LogP contribution in [0.2, 0.25) is 0 Å². The third kappa shape index (κ3) is 6.44. The van der Waals surface area contributed by atoms with E-state index in [2.05, 4.69) is 12.1 Å². The summed E-state index contributed by atoms with van der Waals surface area (Å²) >= 11 is 0. The third-order valence-corrected chi connectivity index (χ3v) is 3.34. The first kappa shape index (κ1) is 19.1. The maximum atomic E-state index is 5.81. The molecule has 0 atom stereocenters. The minimum Gasteiger partial charge on any atom is -0.352 e. The molecule has 0 bridgehead atoms. The molecule has 1 rings (SSSR count). The molecule has 22 heavy (non-hydrogen) atoms. The Balaban J connectivity index is 2.94. The zero-order chi connectivity index (χ0) is 16.2. The molecule has 0 saturated carbocycles. The molecule has 1 aromatic rings. The lowest BCUT2D eigenvalue weighted by molar-refractivity contribution is -0.246. The molecular formula is C18H30O4. The van der Waals surface area contributed by atoms with Crippen LogP contribution in [0, 0.1) is 5.92 Å². The molecular weight excluding hydrogens is 280 g/mol. The third-order valence-electron chi connectivity index (χ3n) is 3.34. The van der Waals surface area contributed by atoms with Gasteiger partial charge in [-0.2, -0.15) is 0 Å². The minimum atomic E-state index is -0.335. The zero-order valence-electron chi connectivity index (χ0n) is 14.3. The molecule has 0 aliphatic rings. The van der Waals surface area contributed by atoms with Crippen LogP contribution in [0.3, 0.4) is 0 Å². The van der Waals surface area contributed by atoms with Crippen molar-refractivity contribution in [1.82, 2.24) is 0 Å². The van der Waals surface area contributed by atoms with Gasteiger partial charge >= 0.3 is 0 Å². The first-order valence-electron chi connectivity index (χ1n) is 8.27. The van der Waals surface area contributed by atoms with Crippen molar-refractivity contribution >= 4 is 0 Å². The van der Waals surface area contributed by atoms with Crippen LogP contribution in [0.15, 0.2) is 30.3 Å². The Hall–Kier alpha value is -0.940. The first-order chi connectivity index (χ1) is 10.8. The Labute approximate surface area is 134 Å². The average molecular weight is 310 g/mol. The highest BCUT2D eigenvalue weighted by Gasteiger charge is 2.32. The molecule has 0 spiro atoms. The van der Waals surface area contributed by atoms with Gasteiger partial charge in [-0.15, -0.1) is 0 Å². The van der Waals surface area contributed by atoms with Crippen molar-refractivity contribution in [3.63, 3.8) is 0 Å². The van der Waals surface area contributed by atoms with Crippen molar-refractivity contribution in [2.45, 2.75) is 46.7 Å². The predicted octanol–water partition coefficient (Wildman–Crippen LogP) is 3.64. The van der Waals surface area contributed by atoms with Gasteiger partial charge in [0.2, 0.25) is 0 Å². The van der Waals surface area contributed by atoms with E-state index in [9.17, 15) is 0 Å². The molecule has 4 heteroatoms. The summed E-state index contributed by atoms with van der Waals surface area (Å²) in [6.45, 7) is 10.3. The highest BCUT2D eigenvalue weighted by molar-refractivity contribution is 5.15. The molecule has 0 aliphatic heterocycles. The van der Waals surface area contributed by atoms with Gasteiger partial charge in [-0.3, -0.25) is 0 Å². The molecule has 0 N–H and O–H groups in total. The Bertz CT molecular complexity index is 341. The van der Waals surface area contributed by atoms with Crippen molar-refractivity contribution in [1.29, 1.82) is 0 Å². The number of benzene rings is 1. The fraction of sp³-hybridized carbons (Fsp3) is 0.667. The Kier molecular flexibility index (Phi) is 10.1. The van der Waals surface area contributed by atoms with E-state index in [1.807, 2.05) is 45.9 Å². The summed E-state index contributed by atoms with van der Waals surface area (Å²) in [7, 11) is 0. The highest BCUT2D eigenvalue weighted by Crippen LogP contribution is 2.23. The number of rotatable bonds is 12. The second-order valence-corrected chi connectivity index (χ2v) is 4.91. The number of hydrogen-bond donors (Lipinski definition) is 0. The summed E-state index contributed by atoms with van der Waals surface area (Å²) in [4.78, 5) is 0. The van der Waals surface area contributed by atoms with E-state index >= 15 is 0 Å². The van der Waals surface area contributed by atoms with E-state index in [4.69, 9.17) is 18.9 Å². The van der Waals surface area contributed by atoms with Crippen molar-refractivity contribution in [2.24, 2.45) is 5.92 Å². The second-order valence-electron chi connectivity index (χ2n) is 4.91. The smallest absolute Gasteiger partial charge is 0.165 e. The van der Waals surface area contributed by atoms with Crippen LogP contribution >= 0.6 is 0 Å². The highest BCUT2D eigenvalue weighted by atomic mass is 16.7. The predicted molar refractivity (Wildman–Crippen MR) is 87.7 cm³/mol. The molecule has 0 saturated heterocycles. The van der Waals surface area contributed by atoms with Crippen LogP contribution < -0.4 is 0 Å². The van der Waals surface area contributed by atoms with Crippen LogP contribution in [0.1, 0.15) is 33.3 Å². The molecule has 0 aliphatic carbocycles. The molecule has 0 amide bonds. The Morgan fingerprint density at radius 1 is 0.682 bits per heavy atom. The summed E-state index contributed by atoms with van der Waals surface area (Å²) in [6, 6.07) is 10.3. The molecule has 0 heterocycles. The SMILES string of the molecule is CCOC(OCC)C(Cc1ccccc1)C(OCC)OCC. The second kappa shape index (κ2) is 11.6. The molecule has 1 aromatic carbocycles. The van der Waals surface area contributed by atoms with Crippen molar-refractivity contribution in [3.8, 4) is 0 Å². The lowest BCUT2D eigenvalue weighted by Gasteiger charge is -2.32. The van der Waals surface area contributed by atoms with Gasteiger partial charge in [-0.05, 0) is 39.7 Å². The van der Waals surface area contributed by atoms with Crippen LogP contribution in [0.4, 0.5) is 0 Å². The minimum absolute atomic E-state index is 0.0119. The molecule has 0 fully saturated rings. The average Bonchev–Trinajstić information content (AvgIpc) is 2.53. The lowest BCUT2D eigenvalue weighted by atomic mass is 9.97. The van der Waals surface area contributed by atoms with E-state index < -0.39 is 0 Å². The van der Waals surface area contributed by atoms with E-state index in [1.54, 1.807) is 0 Å². The molecule has 0 aromatic heterocycles. The van der Waals surface area contributed by atoms with E-state index in [0.29, 0.717) is 26.4 Å². The topological polar surface area (TPSA) is 36.9 Å². The summed E-state index contributed by atoms with van der Waals surface area (Å²) in [5.41, 5.74) is 1.22. The summed E-state index contributed by atoms with van der Waals surface area (Å²) in [6.07, 6.45) is 0.118. The monoisotopic (exact) mass is 310 g/mol. The summed E-state index contributed by atoms with van der Waals surface area (Å²) in [5.74, 6) is -0.0119. The van der Waals surface area contributed by atoms with Crippen molar-refractivity contribution in [2.75, 3.05) is 26.4 Å². The molecule has 0 radical (unpaired) electrons. The van der Waals surface area contributed by atoms with Crippen LogP contribution in [0.25, 0.3) is 0 Å². The van der Waals surface area contributed by atoms with Gasteiger partial charge in [-0.1, -0.05) is 30.3 Å². The Morgan fingerprint density at radius 3 is 1.45 bits per heavy atom. The summed E-state index contributed by atoms with van der Waals surface area (Å²) in [5, 5.41) is 0. The molecule has 4 nitrogen and oxygen atoms in total. The number of hydrogen-bond acceptors (Lipinski definition) is 4. The largest absolute Gasteiger partial charge is 0.352 e. The van der Waals surface area contributed by atoms with Gasteiger partial charge in [0.1, 0.15) is 0 Å². The van der Waals surface area contributed by atoms with Gasteiger partial charge in [-0.25, -0.2) is 0 Å². The molecule has 126 valence electrons. The van der Waals surface area contributed by atoms with Crippen LogP contribution in [-0.2, 0) is 25.4 Å². The normalized spacial score (nSPS) is 11.8. The fourth-order valence-corrected chi connectivity index (χ4v) is 2.45. The quantitative estimate of drug-likeness (QED) is 0.552. The summed E-state index contributed by atoms with van der Waals surface area (Å²) < 4.78 is 23.2. The van der Waals surface area contributed by atoms with E-state index in [0.717, 1.165) is 6.42 Å². The van der Waals surface area contributed by atoms with Gasteiger partial charge in [0.05, 0.1) is 5.92 Å². The van der Waals surface area contributed by atoms with Gasteiger partial charge in [0.15, 0.2) is 12.6 Å². The van der Waals surface area contributed by atoms with Gasteiger partial charge in [0, 0.05) is 26.4 Å². The van der Waals surface area contributed by atoms with Crippen LogP contribution in [0.5, 0.6) is 0 Å². The van der Waals surface area contributed by atoms with E-state index in [1.165, 1.54) is 5.56 Å². The van der Waals surface area contributed by atoms with Gasteiger partial charge in [0.25, 0.3) is 0 Å². The van der Waals surface area contributed by atoms with E-state index in [-0.39, 0.29) is 18.5 Å². The number of ether oxygens (including phenoxy) is 4. The molecule has 0 unspecified atom stereocenters. The first-order valence-corrected chi connectivity index (χ1v) is 8.27. The maximum absolute atomic E-state index is 5.81. The van der Waals surface area contributed by atoms with Crippen LogP contribution in [-0.4, -0.2) is 39.0 Å². The lowest BCUT2D eigenvalue weighted by Crippen LogP contribution is -2.40. The Morgan fingerprint density at radius 2 is 1.09 bits per heavy atom. The fourth-order valence-electron chi connectivity index (χ4n) is 2.45. The van der Waals surface area contributed by atoms with Crippen molar-refractivity contribution in [3.05, 3.63) is 35.9 Å². The maximum Gasteiger partial charge on any atom is 0.165 e. The standard InChI is InChI=1S/C18H30O4/c1-5-19-17(20-6-2)16(18(21-7-3)22-8-4)14-15-12-10-9-11-13-15/h9-13,16-18H,5-8,14H2,1-4H3. The zero-order valence-corrected chi connectivity index (χ0v) is 14.3. The van der Waals surface area contributed by atoms with Crippen molar-refractivity contribution < 1.29 is 18.9 Å². The van der Waals surface area contributed by atoms with Gasteiger partial charge < -0.3 is 18.9 Å².